The lowest BCUT2D eigenvalue weighted by Gasteiger charge is -2.10. The molecule has 102 valence electrons. The molecule has 0 radical (unpaired) electrons. The van der Waals surface area contributed by atoms with Crippen molar-refractivity contribution in [1.29, 1.82) is 0 Å². The number of aromatic nitrogens is 2. The Labute approximate surface area is 122 Å². The van der Waals surface area contributed by atoms with E-state index in [9.17, 15) is 0 Å². The number of nitrogens with one attached hydrogen (secondary N) is 1. The number of nitrogens with zero attached hydrogens (tertiary/aromatic N) is 2. The molecule has 1 heterocycles. The molecule has 0 aliphatic carbocycles. The van der Waals surface area contributed by atoms with Gasteiger partial charge in [0.2, 0.25) is 0 Å². The number of aryl methyl sites for hydroxylation is 1. The van der Waals surface area contributed by atoms with E-state index in [0.29, 0.717) is 5.92 Å². The minimum atomic E-state index is 0.672. The molecule has 0 atom stereocenters. The zero-order chi connectivity index (χ0) is 13.7. The molecule has 1 aromatic heterocycles. The van der Waals surface area contributed by atoms with E-state index in [1.54, 1.807) is 23.1 Å². The van der Waals surface area contributed by atoms with E-state index in [4.69, 9.17) is 0 Å². The molecule has 0 bridgehead atoms. The van der Waals surface area contributed by atoms with E-state index in [-0.39, 0.29) is 0 Å². The highest BCUT2D eigenvalue weighted by Gasteiger charge is 2.07. The van der Waals surface area contributed by atoms with Crippen LogP contribution in [-0.4, -0.2) is 16.7 Å². The van der Waals surface area contributed by atoms with Crippen LogP contribution < -0.4 is 5.32 Å². The molecule has 0 aliphatic rings. The zero-order valence-corrected chi connectivity index (χ0v) is 13.1. The Hall–Kier alpha value is -0.910. The van der Waals surface area contributed by atoms with Crippen molar-refractivity contribution < 1.29 is 0 Å². The summed E-state index contributed by atoms with van der Waals surface area (Å²) in [6.07, 6.45) is 0. The molecule has 0 saturated heterocycles. The standard InChI is InChI=1S/C14H19N3S2/c1-10(2)8-15-9-12-6-4-5-7-13(12)19-14-17-16-11(3)18-14/h4-7,10,15H,8-9H2,1-3H3. The molecule has 1 N–H and O–H groups in total. The van der Waals surface area contributed by atoms with Crippen LogP contribution in [0.5, 0.6) is 0 Å². The molecule has 0 amide bonds. The Bertz CT molecular complexity index is 523. The fraction of sp³-hybridized carbons (Fsp3) is 0.429. The molecule has 0 saturated carbocycles. The Morgan fingerprint density at radius 1 is 1.26 bits per heavy atom. The van der Waals surface area contributed by atoms with Crippen molar-refractivity contribution in [3.63, 3.8) is 0 Å². The van der Waals surface area contributed by atoms with Crippen LogP contribution >= 0.6 is 23.1 Å². The number of hydrogen-bond acceptors (Lipinski definition) is 5. The first-order chi connectivity index (χ1) is 9.15. The summed E-state index contributed by atoms with van der Waals surface area (Å²) in [5.41, 5.74) is 1.32. The third kappa shape index (κ3) is 4.60. The molecule has 0 aliphatic heterocycles. The van der Waals surface area contributed by atoms with Crippen LogP contribution in [-0.2, 0) is 6.54 Å². The van der Waals surface area contributed by atoms with Crippen molar-refractivity contribution >= 4 is 23.1 Å². The van der Waals surface area contributed by atoms with E-state index >= 15 is 0 Å². The molecule has 1 aromatic carbocycles. The van der Waals surface area contributed by atoms with Crippen LogP contribution in [0.25, 0.3) is 0 Å². The van der Waals surface area contributed by atoms with Gasteiger partial charge in [-0.05, 0) is 31.0 Å². The van der Waals surface area contributed by atoms with Crippen molar-refractivity contribution in [1.82, 2.24) is 15.5 Å². The molecule has 3 nitrogen and oxygen atoms in total. The van der Waals surface area contributed by atoms with Crippen LogP contribution in [0.15, 0.2) is 33.5 Å². The van der Waals surface area contributed by atoms with Crippen molar-refractivity contribution in [3.8, 4) is 0 Å². The van der Waals surface area contributed by atoms with Gasteiger partial charge in [0.05, 0.1) is 0 Å². The van der Waals surface area contributed by atoms with E-state index in [1.165, 1.54) is 10.5 Å². The zero-order valence-electron chi connectivity index (χ0n) is 11.5. The smallest absolute Gasteiger partial charge is 0.179 e. The van der Waals surface area contributed by atoms with E-state index in [1.807, 2.05) is 6.92 Å². The van der Waals surface area contributed by atoms with Gasteiger partial charge in [-0.2, -0.15) is 0 Å². The van der Waals surface area contributed by atoms with Crippen LogP contribution in [0.4, 0.5) is 0 Å². The average molecular weight is 293 g/mol. The van der Waals surface area contributed by atoms with Crippen molar-refractivity contribution in [2.75, 3.05) is 6.54 Å². The topological polar surface area (TPSA) is 37.8 Å². The highest BCUT2D eigenvalue weighted by molar-refractivity contribution is 8.01. The Morgan fingerprint density at radius 3 is 2.74 bits per heavy atom. The number of rotatable bonds is 6. The quantitative estimate of drug-likeness (QED) is 0.880. The molecule has 5 heteroatoms. The van der Waals surface area contributed by atoms with Crippen LogP contribution in [0.2, 0.25) is 0 Å². The van der Waals surface area contributed by atoms with Gasteiger partial charge in [-0.1, -0.05) is 55.1 Å². The minimum Gasteiger partial charge on any atom is -0.312 e. The molecule has 2 rings (SSSR count). The summed E-state index contributed by atoms with van der Waals surface area (Å²) in [6, 6.07) is 8.47. The summed E-state index contributed by atoms with van der Waals surface area (Å²) in [7, 11) is 0. The van der Waals surface area contributed by atoms with Gasteiger partial charge < -0.3 is 5.32 Å². The molecular formula is C14H19N3S2. The van der Waals surface area contributed by atoms with Gasteiger partial charge in [-0.3, -0.25) is 0 Å². The highest BCUT2D eigenvalue weighted by atomic mass is 32.2. The third-order valence-corrected chi connectivity index (χ3v) is 4.55. The molecular weight excluding hydrogens is 274 g/mol. The third-order valence-electron chi connectivity index (χ3n) is 2.55. The first-order valence-corrected chi connectivity index (χ1v) is 8.05. The number of hydrogen-bond donors (Lipinski definition) is 1. The normalized spacial score (nSPS) is 11.2. The fourth-order valence-corrected chi connectivity index (χ4v) is 3.56. The van der Waals surface area contributed by atoms with Crippen molar-refractivity contribution in [3.05, 3.63) is 34.8 Å². The van der Waals surface area contributed by atoms with Gasteiger partial charge in [0.15, 0.2) is 4.34 Å². The highest BCUT2D eigenvalue weighted by Crippen LogP contribution is 2.32. The Morgan fingerprint density at radius 2 is 2.05 bits per heavy atom. The minimum absolute atomic E-state index is 0.672. The summed E-state index contributed by atoms with van der Waals surface area (Å²) < 4.78 is 1.01. The maximum Gasteiger partial charge on any atom is 0.179 e. The lowest BCUT2D eigenvalue weighted by molar-refractivity contribution is 0.550. The van der Waals surface area contributed by atoms with Gasteiger partial charge in [0.25, 0.3) is 0 Å². The average Bonchev–Trinajstić information content (AvgIpc) is 2.77. The van der Waals surface area contributed by atoms with Crippen LogP contribution in [0.3, 0.4) is 0 Å². The van der Waals surface area contributed by atoms with Crippen LogP contribution in [0.1, 0.15) is 24.4 Å². The largest absolute Gasteiger partial charge is 0.312 e. The summed E-state index contributed by atoms with van der Waals surface area (Å²) in [5, 5.41) is 12.7. The first-order valence-electron chi connectivity index (χ1n) is 6.41. The van der Waals surface area contributed by atoms with Crippen molar-refractivity contribution in [2.45, 2.75) is 36.6 Å². The van der Waals surface area contributed by atoms with E-state index in [0.717, 1.165) is 22.4 Å². The maximum atomic E-state index is 4.17. The van der Waals surface area contributed by atoms with Gasteiger partial charge in [0.1, 0.15) is 5.01 Å². The monoisotopic (exact) mass is 293 g/mol. The van der Waals surface area contributed by atoms with Gasteiger partial charge in [0, 0.05) is 11.4 Å². The summed E-state index contributed by atoms with van der Waals surface area (Å²) in [6.45, 7) is 8.36. The Balaban J connectivity index is 2.03. The SMILES string of the molecule is Cc1nnc(Sc2ccccc2CNCC(C)C)s1. The van der Waals surface area contributed by atoms with Gasteiger partial charge in [-0.25, -0.2) is 0 Å². The predicted octanol–water partition coefficient (Wildman–Crippen LogP) is 3.74. The lowest BCUT2D eigenvalue weighted by atomic mass is 10.2. The molecule has 19 heavy (non-hydrogen) atoms. The molecule has 0 fully saturated rings. The second-order valence-corrected chi connectivity index (χ2v) is 7.29. The molecule has 2 aromatic rings. The summed E-state index contributed by atoms with van der Waals surface area (Å²) in [4.78, 5) is 1.26. The molecule has 0 spiro atoms. The Kier molecular flexibility index (Phi) is 5.36. The fourth-order valence-electron chi connectivity index (χ4n) is 1.66. The van der Waals surface area contributed by atoms with E-state index in [2.05, 4.69) is 53.6 Å². The van der Waals surface area contributed by atoms with Gasteiger partial charge in [-0.15, -0.1) is 10.2 Å². The lowest BCUT2D eigenvalue weighted by Crippen LogP contribution is -2.19. The van der Waals surface area contributed by atoms with Gasteiger partial charge >= 0.3 is 0 Å². The first kappa shape index (κ1) is 14.5. The van der Waals surface area contributed by atoms with E-state index < -0.39 is 0 Å². The molecule has 0 unspecified atom stereocenters. The summed E-state index contributed by atoms with van der Waals surface area (Å²) in [5.74, 6) is 0.672. The van der Waals surface area contributed by atoms with Crippen molar-refractivity contribution in [2.24, 2.45) is 5.92 Å². The summed E-state index contributed by atoms with van der Waals surface area (Å²) >= 11 is 3.34. The predicted molar refractivity (Wildman–Crippen MR) is 81.8 cm³/mol. The maximum absolute atomic E-state index is 4.17. The second-order valence-electron chi connectivity index (χ2n) is 4.82. The number of benzene rings is 1. The second kappa shape index (κ2) is 7.03. The van der Waals surface area contributed by atoms with Crippen LogP contribution in [0, 0.1) is 12.8 Å².